The van der Waals surface area contributed by atoms with Gasteiger partial charge in [0.2, 0.25) is 5.88 Å². The topological polar surface area (TPSA) is 92.3 Å². The molecule has 3 aromatic rings. The zero-order chi connectivity index (χ0) is 20.8. The number of carbonyl (C=O) groups excluding carboxylic acids is 1. The minimum Gasteiger partial charge on any atom is -0.478 e. The maximum Gasteiger partial charge on any atom is 0.257 e. The summed E-state index contributed by atoms with van der Waals surface area (Å²) in [4.78, 5) is 27.2. The van der Waals surface area contributed by atoms with E-state index in [9.17, 15) is 4.79 Å². The highest BCUT2D eigenvalue weighted by Gasteiger charge is 2.08. The lowest BCUT2D eigenvalue weighted by molar-refractivity contribution is 0.102. The van der Waals surface area contributed by atoms with Gasteiger partial charge in [-0.1, -0.05) is 0 Å². The summed E-state index contributed by atoms with van der Waals surface area (Å²) in [5.74, 6) is 2.48. The van der Waals surface area contributed by atoms with Crippen LogP contribution in [0, 0.1) is 6.92 Å². The molecule has 0 fully saturated rings. The Morgan fingerprint density at radius 3 is 2.41 bits per heavy atom. The predicted molar refractivity (Wildman–Crippen MR) is 114 cm³/mol. The highest BCUT2D eigenvalue weighted by molar-refractivity contribution is 6.04. The molecule has 0 aliphatic rings. The van der Waals surface area contributed by atoms with Crippen LogP contribution in [0.4, 0.5) is 23.0 Å². The zero-order valence-electron chi connectivity index (χ0n) is 16.9. The van der Waals surface area contributed by atoms with Crippen LogP contribution in [0.2, 0.25) is 0 Å². The van der Waals surface area contributed by atoms with Crippen LogP contribution >= 0.6 is 0 Å². The minimum absolute atomic E-state index is 0.233. The van der Waals surface area contributed by atoms with Gasteiger partial charge in [0.05, 0.1) is 12.2 Å². The molecule has 8 nitrogen and oxygen atoms in total. The Morgan fingerprint density at radius 2 is 1.79 bits per heavy atom. The van der Waals surface area contributed by atoms with Crippen molar-refractivity contribution in [3.63, 3.8) is 0 Å². The van der Waals surface area contributed by atoms with Gasteiger partial charge in [0.25, 0.3) is 5.91 Å². The van der Waals surface area contributed by atoms with E-state index in [2.05, 4.69) is 25.6 Å². The lowest BCUT2D eigenvalue weighted by Crippen LogP contribution is -2.13. The maximum atomic E-state index is 12.4. The Hall–Kier alpha value is -3.68. The number of rotatable bonds is 7. The van der Waals surface area contributed by atoms with Crippen molar-refractivity contribution in [2.24, 2.45) is 0 Å². The van der Waals surface area contributed by atoms with Crippen molar-refractivity contribution in [2.45, 2.75) is 13.8 Å². The summed E-state index contributed by atoms with van der Waals surface area (Å²) in [7, 11) is 3.87. The molecule has 29 heavy (non-hydrogen) atoms. The highest BCUT2D eigenvalue weighted by atomic mass is 16.5. The fraction of sp³-hybridized carbons (Fsp3) is 0.238. The second-order valence-corrected chi connectivity index (χ2v) is 6.53. The molecule has 0 spiro atoms. The summed E-state index contributed by atoms with van der Waals surface area (Å²) in [5, 5.41) is 6.11. The van der Waals surface area contributed by atoms with Crippen LogP contribution in [0.3, 0.4) is 0 Å². The third-order valence-electron chi connectivity index (χ3n) is 3.99. The first-order valence-electron chi connectivity index (χ1n) is 9.25. The number of nitrogens with one attached hydrogen (secondary N) is 2. The Morgan fingerprint density at radius 1 is 1.07 bits per heavy atom. The molecule has 0 atom stereocenters. The molecular formula is C21H24N6O2. The average Bonchev–Trinajstić information content (AvgIpc) is 2.70. The molecular weight excluding hydrogens is 368 g/mol. The largest absolute Gasteiger partial charge is 0.478 e. The molecule has 8 heteroatoms. The van der Waals surface area contributed by atoms with Crippen LogP contribution < -0.4 is 20.3 Å². The number of carbonyl (C=O) groups is 1. The van der Waals surface area contributed by atoms with E-state index in [0.29, 0.717) is 35.4 Å². The van der Waals surface area contributed by atoms with E-state index in [1.165, 1.54) is 6.20 Å². The summed E-state index contributed by atoms with van der Waals surface area (Å²) < 4.78 is 5.29. The van der Waals surface area contributed by atoms with Gasteiger partial charge in [0.1, 0.15) is 17.5 Å². The van der Waals surface area contributed by atoms with Crippen molar-refractivity contribution in [2.75, 3.05) is 36.2 Å². The van der Waals surface area contributed by atoms with Crippen molar-refractivity contribution < 1.29 is 9.53 Å². The van der Waals surface area contributed by atoms with Gasteiger partial charge in [-0.15, -0.1) is 0 Å². The number of aromatic nitrogens is 3. The van der Waals surface area contributed by atoms with Gasteiger partial charge in [0, 0.05) is 43.8 Å². The molecule has 0 saturated heterocycles. The smallest absolute Gasteiger partial charge is 0.257 e. The van der Waals surface area contributed by atoms with Gasteiger partial charge >= 0.3 is 0 Å². The normalized spacial score (nSPS) is 10.3. The number of benzene rings is 1. The van der Waals surface area contributed by atoms with Crippen molar-refractivity contribution in [1.82, 2.24) is 15.0 Å². The summed E-state index contributed by atoms with van der Waals surface area (Å²) in [6, 6.07) is 12.6. The molecule has 1 aromatic carbocycles. The molecule has 150 valence electrons. The highest BCUT2D eigenvalue weighted by Crippen LogP contribution is 2.21. The van der Waals surface area contributed by atoms with E-state index >= 15 is 0 Å². The minimum atomic E-state index is -0.233. The van der Waals surface area contributed by atoms with Crippen LogP contribution in [-0.2, 0) is 0 Å². The fourth-order valence-corrected chi connectivity index (χ4v) is 2.58. The van der Waals surface area contributed by atoms with E-state index < -0.39 is 0 Å². The molecule has 1 amide bonds. The monoisotopic (exact) mass is 392 g/mol. The number of hydrogen-bond acceptors (Lipinski definition) is 7. The molecule has 2 N–H and O–H groups in total. The van der Waals surface area contributed by atoms with Crippen LogP contribution in [0.1, 0.15) is 23.1 Å². The van der Waals surface area contributed by atoms with E-state index in [-0.39, 0.29) is 5.91 Å². The molecule has 2 heterocycles. The predicted octanol–water partition coefficient (Wildman–Crippen LogP) is 3.64. The van der Waals surface area contributed by atoms with Crippen molar-refractivity contribution in [3.05, 3.63) is 60.0 Å². The fourth-order valence-electron chi connectivity index (χ4n) is 2.58. The standard InChI is InChI=1S/C21H24N6O2/c1-5-29-20-11-6-15(13-22-20)21(28)26-17-9-7-16(8-10-17)25-18-12-19(27(3)4)24-14(2)23-18/h6-13H,5H2,1-4H3,(H,26,28)(H,23,24,25). The van der Waals surface area contributed by atoms with Crippen molar-refractivity contribution >= 4 is 28.9 Å². The molecule has 0 unspecified atom stereocenters. The summed E-state index contributed by atoms with van der Waals surface area (Å²) in [6.07, 6.45) is 1.50. The Bertz CT molecular complexity index is 971. The van der Waals surface area contributed by atoms with Crippen LogP contribution in [0.5, 0.6) is 5.88 Å². The Labute approximate surface area is 170 Å². The molecule has 2 aromatic heterocycles. The van der Waals surface area contributed by atoms with Crippen LogP contribution in [-0.4, -0.2) is 41.6 Å². The SMILES string of the molecule is CCOc1ccc(C(=O)Nc2ccc(Nc3cc(N(C)C)nc(C)n3)cc2)cn1. The Kier molecular flexibility index (Phi) is 6.23. The number of hydrogen-bond donors (Lipinski definition) is 2. The van der Waals surface area contributed by atoms with Gasteiger partial charge in [-0.2, -0.15) is 0 Å². The molecule has 3 rings (SSSR count). The van der Waals surface area contributed by atoms with E-state index in [1.807, 2.05) is 63.2 Å². The van der Waals surface area contributed by atoms with Gasteiger partial charge in [-0.25, -0.2) is 15.0 Å². The molecule has 0 bridgehead atoms. The zero-order valence-corrected chi connectivity index (χ0v) is 16.9. The average molecular weight is 392 g/mol. The number of aryl methyl sites for hydroxylation is 1. The number of nitrogens with zero attached hydrogens (tertiary/aromatic N) is 4. The van der Waals surface area contributed by atoms with E-state index in [4.69, 9.17) is 4.74 Å². The second kappa shape index (κ2) is 9.01. The summed E-state index contributed by atoms with van der Waals surface area (Å²) >= 11 is 0. The first-order chi connectivity index (χ1) is 13.9. The van der Waals surface area contributed by atoms with Crippen molar-refractivity contribution in [1.29, 1.82) is 0 Å². The van der Waals surface area contributed by atoms with Gasteiger partial charge < -0.3 is 20.3 Å². The van der Waals surface area contributed by atoms with Gasteiger partial charge in [-0.3, -0.25) is 4.79 Å². The molecule has 0 aliphatic carbocycles. The first kappa shape index (κ1) is 20.1. The molecule has 0 saturated carbocycles. The second-order valence-electron chi connectivity index (χ2n) is 6.53. The number of anilines is 4. The first-order valence-corrected chi connectivity index (χ1v) is 9.25. The lowest BCUT2D eigenvalue weighted by Gasteiger charge is -2.14. The van der Waals surface area contributed by atoms with E-state index in [1.54, 1.807) is 12.1 Å². The van der Waals surface area contributed by atoms with Gasteiger partial charge in [-0.05, 0) is 44.2 Å². The molecule has 0 aliphatic heterocycles. The lowest BCUT2D eigenvalue weighted by atomic mass is 10.2. The third-order valence-corrected chi connectivity index (χ3v) is 3.99. The van der Waals surface area contributed by atoms with Crippen molar-refractivity contribution in [3.8, 4) is 5.88 Å². The third kappa shape index (κ3) is 5.41. The van der Waals surface area contributed by atoms with Gasteiger partial charge in [0.15, 0.2) is 0 Å². The van der Waals surface area contributed by atoms with Crippen LogP contribution in [0.15, 0.2) is 48.7 Å². The molecule has 0 radical (unpaired) electrons. The van der Waals surface area contributed by atoms with Crippen LogP contribution in [0.25, 0.3) is 0 Å². The Balaban J connectivity index is 1.65. The summed E-state index contributed by atoms with van der Waals surface area (Å²) in [6.45, 7) is 4.27. The quantitative estimate of drug-likeness (QED) is 0.634. The number of pyridine rings is 1. The van der Waals surface area contributed by atoms with E-state index in [0.717, 1.165) is 11.5 Å². The number of amides is 1. The number of ether oxygens (including phenoxy) is 1. The summed E-state index contributed by atoms with van der Waals surface area (Å²) in [5.41, 5.74) is 2.00. The maximum absolute atomic E-state index is 12.4.